The van der Waals surface area contributed by atoms with Crippen molar-refractivity contribution in [3.8, 4) is 0 Å². The molecule has 0 spiro atoms. The monoisotopic (exact) mass is 182 g/mol. The highest BCUT2D eigenvalue weighted by atomic mass is 19.1. The normalized spacial score (nSPS) is 13.3. The van der Waals surface area contributed by atoms with Crippen LogP contribution in [0.3, 0.4) is 0 Å². The Morgan fingerprint density at radius 1 is 1.54 bits per heavy atom. The van der Waals surface area contributed by atoms with Gasteiger partial charge in [0.1, 0.15) is 0 Å². The smallest absolute Gasteiger partial charge is 0.217 e. The molecule has 0 aliphatic carbocycles. The molecule has 0 unspecified atom stereocenters. The van der Waals surface area contributed by atoms with Gasteiger partial charge >= 0.3 is 0 Å². The molecular formula is C10H15FN2. The molecule has 0 aliphatic heterocycles. The van der Waals surface area contributed by atoms with E-state index in [1.54, 1.807) is 12.1 Å². The van der Waals surface area contributed by atoms with Crippen molar-refractivity contribution in [3.63, 3.8) is 0 Å². The third-order valence-corrected chi connectivity index (χ3v) is 1.91. The number of hydrogen-bond donors (Lipinski definition) is 1. The minimum atomic E-state index is -0.448. The first-order chi connectivity index (χ1) is 6.11. The SMILES string of the molecule is CC(C)C[C@@H](N)c1cccnc1F. The lowest BCUT2D eigenvalue weighted by molar-refractivity contribution is 0.478. The standard InChI is InChI=1S/C10H15FN2/c1-7(2)6-9(12)8-4-3-5-13-10(8)11/h3-5,7,9H,6,12H2,1-2H3/t9-/m1/s1. The fourth-order valence-electron chi connectivity index (χ4n) is 1.31. The van der Waals surface area contributed by atoms with Gasteiger partial charge in [-0.25, -0.2) is 4.98 Å². The predicted octanol–water partition coefficient (Wildman–Crippen LogP) is 2.27. The Kier molecular flexibility index (Phi) is 3.37. The highest BCUT2D eigenvalue weighted by molar-refractivity contribution is 5.15. The highest BCUT2D eigenvalue weighted by Crippen LogP contribution is 2.19. The molecule has 0 amide bonds. The van der Waals surface area contributed by atoms with Gasteiger partial charge in [0.2, 0.25) is 5.95 Å². The van der Waals surface area contributed by atoms with Crippen LogP contribution in [0.2, 0.25) is 0 Å². The molecule has 0 aliphatic rings. The molecular weight excluding hydrogens is 167 g/mol. The van der Waals surface area contributed by atoms with Crippen LogP contribution < -0.4 is 5.73 Å². The van der Waals surface area contributed by atoms with Crippen LogP contribution in [0.25, 0.3) is 0 Å². The molecule has 1 atom stereocenters. The molecule has 13 heavy (non-hydrogen) atoms. The quantitative estimate of drug-likeness (QED) is 0.728. The van der Waals surface area contributed by atoms with Gasteiger partial charge in [-0.2, -0.15) is 4.39 Å². The van der Waals surface area contributed by atoms with Crippen LogP contribution in [-0.4, -0.2) is 4.98 Å². The third-order valence-electron chi connectivity index (χ3n) is 1.91. The fraction of sp³-hybridized carbons (Fsp3) is 0.500. The Bertz CT molecular complexity index is 273. The summed E-state index contributed by atoms with van der Waals surface area (Å²) in [5.74, 6) is 0.0188. The van der Waals surface area contributed by atoms with E-state index in [2.05, 4.69) is 18.8 Å². The first-order valence-corrected chi connectivity index (χ1v) is 4.47. The van der Waals surface area contributed by atoms with E-state index >= 15 is 0 Å². The molecule has 1 rings (SSSR count). The maximum atomic E-state index is 13.1. The molecule has 2 nitrogen and oxygen atoms in total. The number of halogens is 1. The molecule has 72 valence electrons. The van der Waals surface area contributed by atoms with Gasteiger partial charge in [0.05, 0.1) is 0 Å². The zero-order chi connectivity index (χ0) is 9.84. The van der Waals surface area contributed by atoms with E-state index in [-0.39, 0.29) is 6.04 Å². The van der Waals surface area contributed by atoms with Gasteiger partial charge in [-0.1, -0.05) is 19.9 Å². The molecule has 0 bridgehead atoms. The topological polar surface area (TPSA) is 38.9 Å². The van der Waals surface area contributed by atoms with Crippen LogP contribution in [-0.2, 0) is 0 Å². The van der Waals surface area contributed by atoms with Crippen molar-refractivity contribution in [2.24, 2.45) is 11.7 Å². The number of hydrogen-bond acceptors (Lipinski definition) is 2. The van der Waals surface area contributed by atoms with Crippen LogP contribution >= 0.6 is 0 Å². The van der Waals surface area contributed by atoms with E-state index in [1.807, 2.05) is 0 Å². The second-order valence-corrected chi connectivity index (χ2v) is 3.62. The molecule has 0 aromatic carbocycles. The van der Waals surface area contributed by atoms with Crippen molar-refractivity contribution in [2.75, 3.05) is 0 Å². The summed E-state index contributed by atoms with van der Waals surface area (Å²) in [5.41, 5.74) is 6.33. The molecule has 3 heteroatoms. The Morgan fingerprint density at radius 2 is 2.23 bits per heavy atom. The molecule has 1 heterocycles. The summed E-state index contributed by atoms with van der Waals surface area (Å²) >= 11 is 0. The summed E-state index contributed by atoms with van der Waals surface area (Å²) in [6.07, 6.45) is 2.21. The zero-order valence-electron chi connectivity index (χ0n) is 8.00. The lowest BCUT2D eigenvalue weighted by Crippen LogP contribution is -2.15. The zero-order valence-corrected chi connectivity index (χ0v) is 8.00. The molecule has 0 fully saturated rings. The summed E-state index contributed by atoms with van der Waals surface area (Å²) in [6, 6.07) is 3.15. The van der Waals surface area contributed by atoms with Crippen LogP contribution in [0.1, 0.15) is 31.9 Å². The van der Waals surface area contributed by atoms with Gasteiger partial charge in [0.15, 0.2) is 0 Å². The van der Waals surface area contributed by atoms with E-state index in [4.69, 9.17) is 5.73 Å². The van der Waals surface area contributed by atoms with E-state index in [0.717, 1.165) is 6.42 Å². The second-order valence-electron chi connectivity index (χ2n) is 3.62. The summed E-state index contributed by atoms with van der Waals surface area (Å²) in [7, 11) is 0. The van der Waals surface area contributed by atoms with Crippen molar-refractivity contribution >= 4 is 0 Å². The summed E-state index contributed by atoms with van der Waals surface area (Å²) < 4.78 is 13.1. The molecule has 2 N–H and O–H groups in total. The molecule has 1 aromatic rings. The van der Waals surface area contributed by atoms with Gasteiger partial charge in [-0.15, -0.1) is 0 Å². The van der Waals surface area contributed by atoms with Crippen molar-refractivity contribution in [1.29, 1.82) is 0 Å². The van der Waals surface area contributed by atoms with E-state index in [0.29, 0.717) is 11.5 Å². The molecule has 0 radical (unpaired) electrons. The van der Waals surface area contributed by atoms with E-state index < -0.39 is 5.95 Å². The second kappa shape index (κ2) is 4.33. The first kappa shape index (κ1) is 10.1. The number of aromatic nitrogens is 1. The summed E-state index contributed by atoms with van der Waals surface area (Å²) in [4.78, 5) is 3.56. The lowest BCUT2D eigenvalue weighted by atomic mass is 9.99. The van der Waals surface area contributed by atoms with Crippen molar-refractivity contribution in [1.82, 2.24) is 4.98 Å². The van der Waals surface area contributed by atoms with Crippen LogP contribution in [0, 0.1) is 11.9 Å². The molecule has 0 saturated carbocycles. The maximum absolute atomic E-state index is 13.1. The van der Waals surface area contributed by atoms with Crippen LogP contribution in [0.4, 0.5) is 4.39 Å². The average molecular weight is 182 g/mol. The van der Waals surface area contributed by atoms with Crippen LogP contribution in [0.5, 0.6) is 0 Å². The summed E-state index contributed by atoms with van der Waals surface area (Å²) in [6.45, 7) is 4.13. The third kappa shape index (κ3) is 2.77. The lowest BCUT2D eigenvalue weighted by Gasteiger charge is -2.14. The minimum absolute atomic E-state index is 0.242. The Balaban J connectivity index is 2.76. The van der Waals surface area contributed by atoms with E-state index in [9.17, 15) is 4.39 Å². The molecule has 0 saturated heterocycles. The number of pyridine rings is 1. The Hall–Kier alpha value is -0.960. The highest BCUT2D eigenvalue weighted by Gasteiger charge is 2.12. The first-order valence-electron chi connectivity index (χ1n) is 4.47. The predicted molar refractivity (Wildman–Crippen MR) is 50.6 cm³/mol. The average Bonchev–Trinajstić information content (AvgIpc) is 2.03. The van der Waals surface area contributed by atoms with Gasteiger partial charge in [-0.3, -0.25) is 0 Å². The van der Waals surface area contributed by atoms with Gasteiger partial charge in [0.25, 0.3) is 0 Å². The van der Waals surface area contributed by atoms with E-state index in [1.165, 1.54) is 6.20 Å². The minimum Gasteiger partial charge on any atom is -0.324 e. The van der Waals surface area contributed by atoms with Crippen molar-refractivity contribution in [2.45, 2.75) is 26.3 Å². The Labute approximate surface area is 78.0 Å². The maximum Gasteiger partial charge on any atom is 0.217 e. The number of nitrogens with two attached hydrogens (primary N) is 1. The van der Waals surface area contributed by atoms with Gasteiger partial charge in [-0.05, 0) is 18.4 Å². The Morgan fingerprint density at radius 3 is 2.77 bits per heavy atom. The van der Waals surface area contributed by atoms with Crippen LogP contribution in [0.15, 0.2) is 18.3 Å². The summed E-state index contributed by atoms with van der Waals surface area (Å²) in [5, 5.41) is 0. The molecule has 1 aromatic heterocycles. The van der Waals surface area contributed by atoms with Gasteiger partial charge in [0, 0.05) is 17.8 Å². The number of rotatable bonds is 3. The van der Waals surface area contributed by atoms with Crippen molar-refractivity contribution < 1.29 is 4.39 Å². The van der Waals surface area contributed by atoms with Gasteiger partial charge < -0.3 is 5.73 Å². The van der Waals surface area contributed by atoms with Crippen molar-refractivity contribution in [3.05, 3.63) is 29.8 Å². The number of nitrogens with zero attached hydrogens (tertiary/aromatic N) is 1. The fourth-order valence-corrected chi connectivity index (χ4v) is 1.31. The largest absolute Gasteiger partial charge is 0.324 e.